The molecule has 6 heteroatoms. The van der Waals surface area contributed by atoms with Gasteiger partial charge in [-0.3, -0.25) is 4.79 Å². The van der Waals surface area contributed by atoms with E-state index in [1.165, 1.54) is 17.3 Å². The van der Waals surface area contributed by atoms with Crippen LogP contribution in [-0.2, 0) is 16.9 Å². The standard InChI is InChI=1S/C14H16ClN3O2/c1-2-5-13(19)14(20,8-18-10-16-9-17-18)11-6-3-4-7-12(11)15/h3-4,6-7,9-10,20H,2,5,8H2,1H3. The van der Waals surface area contributed by atoms with Crippen LogP contribution >= 0.6 is 11.6 Å². The Balaban J connectivity index is 2.43. The maximum absolute atomic E-state index is 12.4. The first-order valence-corrected chi connectivity index (χ1v) is 6.79. The number of carbonyl (C=O) groups excluding carboxylic acids is 1. The monoisotopic (exact) mass is 293 g/mol. The van der Waals surface area contributed by atoms with Gasteiger partial charge < -0.3 is 5.11 Å². The molecule has 2 aromatic rings. The first kappa shape index (κ1) is 14.7. The molecule has 1 heterocycles. The third-order valence-electron chi connectivity index (χ3n) is 3.12. The lowest BCUT2D eigenvalue weighted by molar-refractivity contribution is -0.140. The lowest BCUT2D eigenvalue weighted by atomic mass is 9.87. The van der Waals surface area contributed by atoms with Crippen LogP contribution in [-0.4, -0.2) is 25.7 Å². The van der Waals surface area contributed by atoms with E-state index in [2.05, 4.69) is 10.1 Å². The number of carbonyl (C=O) groups is 1. The molecule has 0 saturated heterocycles. The second kappa shape index (κ2) is 6.15. The molecule has 0 fully saturated rings. The molecule has 0 saturated carbocycles. The maximum atomic E-state index is 12.4. The van der Waals surface area contributed by atoms with Crippen LogP contribution in [0.2, 0.25) is 5.02 Å². The minimum Gasteiger partial charge on any atom is -0.375 e. The van der Waals surface area contributed by atoms with Crippen LogP contribution in [0.15, 0.2) is 36.9 Å². The van der Waals surface area contributed by atoms with Gasteiger partial charge in [-0.15, -0.1) is 0 Å². The summed E-state index contributed by atoms with van der Waals surface area (Å²) in [6.07, 6.45) is 3.75. The predicted octanol–water partition coefficient (Wildman–Crippen LogP) is 2.19. The summed E-state index contributed by atoms with van der Waals surface area (Å²) in [4.78, 5) is 16.2. The Kier molecular flexibility index (Phi) is 4.52. The molecule has 0 bridgehead atoms. The van der Waals surface area contributed by atoms with Crippen molar-refractivity contribution in [2.24, 2.45) is 0 Å². The normalized spacial score (nSPS) is 13.9. The molecule has 1 unspecified atom stereocenters. The molecule has 0 amide bonds. The molecule has 5 nitrogen and oxygen atoms in total. The predicted molar refractivity (Wildman–Crippen MR) is 75.3 cm³/mol. The van der Waals surface area contributed by atoms with E-state index in [0.29, 0.717) is 17.0 Å². The smallest absolute Gasteiger partial charge is 0.170 e. The number of halogens is 1. The zero-order valence-corrected chi connectivity index (χ0v) is 11.9. The molecule has 1 aromatic carbocycles. The van der Waals surface area contributed by atoms with E-state index in [-0.39, 0.29) is 18.7 Å². The Morgan fingerprint density at radius 1 is 1.45 bits per heavy atom. The van der Waals surface area contributed by atoms with Gasteiger partial charge in [0, 0.05) is 17.0 Å². The molecular weight excluding hydrogens is 278 g/mol. The number of nitrogens with zero attached hydrogens (tertiary/aromatic N) is 3. The van der Waals surface area contributed by atoms with E-state index in [1.54, 1.807) is 24.3 Å². The minimum atomic E-state index is -1.69. The maximum Gasteiger partial charge on any atom is 0.170 e. The van der Waals surface area contributed by atoms with Gasteiger partial charge in [0.1, 0.15) is 12.7 Å². The van der Waals surface area contributed by atoms with Crippen LogP contribution in [0.4, 0.5) is 0 Å². The van der Waals surface area contributed by atoms with Crippen molar-refractivity contribution in [1.29, 1.82) is 0 Å². The third-order valence-corrected chi connectivity index (χ3v) is 3.44. The molecule has 1 atom stereocenters. The van der Waals surface area contributed by atoms with Crippen molar-refractivity contribution in [1.82, 2.24) is 14.8 Å². The van der Waals surface area contributed by atoms with Crippen LogP contribution in [0.25, 0.3) is 0 Å². The summed E-state index contributed by atoms with van der Waals surface area (Å²) in [5.74, 6) is -0.274. The number of hydrogen-bond donors (Lipinski definition) is 1. The van der Waals surface area contributed by atoms with Crippen molar-refractivity contribution >= 4 is 17.4 Å². The Labute approximate surface area is 122 Å². The van der Waals surface area contributed by atoms with Crippen LogP contribution in [0, 0.1) is 0 Å². The highest BCUT2D eigenvalue weighted by Gasteiger charge is 2.39. The Bertz CT molecular complexity index is 586. The first-order chi connectivity index (χ1) is 9.58. The van der Waals surface area contributed by atoms with E-state index < -0.39 is 5.60 Å². The van der Waals surface area contributed by atoms with Crippen LogP contribution in [0.1, 0.15) is 25.3 Å². The molecule has 20 heavy (non-hydrogen) atoms. The highest BCUT2D eigenvalue weighted by atomic mass is 35.5. The van der Waals surface area contributed by atoms with Crippen LogP contribution in [0.5, 0.6) is 0 Å². The summed E-state index contributed by atoms with van der Waals surface area (Å²) >= 11 is 6.14. The summed E-state index contributed by atoms with van der Waals surface area (Å²) in [6.45, 7) is 1.88. The lowest BCUT2D eigenvalue weighted by Gasteiger charge is -2.27. The van der Waals surface area contributed by atoms with Crippen molar-refractivity contribution < 1.29 is 9.90 Å². The molecular formula is C14H16ClN3O2. The molecule has 0 aliphatic carbocycles. The number of ketones is 1. The Hall–Kier alpha value is -1.72. The van der Waals surface area contributed by atoms with Crippen molar-refractivity contribution in [3.63, 3.8) is 0 Å². The summed E-state index contributed by atoms with van der Waals surface area (Å²) in [5, 5.41) is 15.2. The van der Waals surface area contributed by atoms with Gasteiger partial charge in [-0.2, -0.15) is 5.10 Å². The number of hydrogen-bond acceptors (Lipinski definition) is 4. The highest BCUT2D eigenvalue weighted by Crippen LogP contribution is 2.31. The van der Waals surface area contributed by atoms with Gasteiger partial charge in [0.15, 0.2) is 11.4 Å². The van der Waals surface area contributed by atoms with Crippen molar-refractivity contribution in [3.05, 3.63) is 47.5 Å². The van der Waals surface area contributed by atoms with E-state index in [0.717, 1.165) is 0 Å². The van der Waals surface area contributed by atoms with Gasteiger partial charge in [0.05, 0.1) is 6.54 Å². The second-order valence-corrected chi connectivity index (χ2v) is 5.01. The third kappa shape index (κ3) is 2.89. The lowest BCUT2D eigenvalue weighted by Crippen LogP contribution is -2.40. The first-order valence-electron chi connectivity index (χ1n) is 6.41. The van der Waals surface area contributed by atoms with Crippen molar-refractivity contribution in [3.8, 4) is 0 Å². The topological polar surface area (TPSA) is 68.0 Å². The molecule has 0 radical (unpaired) electrons. The molecule has 0 spiro atoms. The average molecular weight is 294 g/mol. The largest absolute Gasteiger partial charge is 0.375 e. The number of aromatic nitrogens is 3. The van der Waals surface area contributed by atoms with E-state index in [4.69, 9.17) is 11.6 Å². The SMILES string of the molecule is CCCC(=O)C(O)(Cn1cncn1)c1ccccc1Cl. The van der Waals surface area contributed by atoms with E-state index in [1.807, 2.05) is 6.92 Å². The fourth-order valence-electron chi connectivity index (χ4n) is 2.10. The fourth-order valence-corrected chi connectivity index (χ4v) is 2.39. The van der Waals surface area contributed by atoms with Gasteiger partial charge in [-0.25, -0.2) is 9.67 Å². The summed E-state index contributed by atoms with van der Waals surface area (Å²) in [6, 6.07) is 6.81. The van der Waals surface area contributed by atoms with Gasteiger partial charge in [0.2, 0.25) is 0 Å². The van der Waals surface area contributed by atoms with Crippen molar-refractivity contribution in [2.45, 2.75) is 31.9 Å². The Morgan fingerprint density at radius 2 is 2.20 bits per heavy atom. The van der Waals surface area contributed by atoms with E-state index >= 15 is 0 Å². The average Bonchev–Trinajstić information content (AvgIpc) is 2.92. The molecule has 1 aromatic heterocycles. The molecule has 2 rings (SSSR count). The quantitative estimate of drug-likeness (QED) is 0.886. The summed E-state index contributed by atoms with van der Waals surface area (Å²) in [7, 11) is 0. The molecule has 0 aliphatic heterocycles. The van der Waals surface area contributed by atoms with Gasteiger partial charge in [0.25, 0.3) is 0 Å². The highest BCUT2D eigenvalue weighted by molar-refractivity contribution is 6.31. The summed E-state index contributed by atoms with van der Waals surface area (Å²) in [5.41, 5.74) is -1.29. The molecule has 0 aliphatic rings. The zero-order valence-electron chi connectivity index (χ0n) is 11.2. The summed E-state index contributed by atoms with van der Waals surface area (Å²) < 4.78 is 1.43. The van der Waals surface area contributed by atoms with Crippen LogP contribution in [0.3, 0.4) is 0 Å². The number of Topliss-reactive ketones (excluding diaryl/α,β-unsaturated/α-hetero) is 1. The van der Waals surface area contributed by atoms with E-state index in [9.17, 15) is 9.90 Å². The molecule has 1 N–H and O–H groups in total. The van der Waals surface area contributed by atoms with Gasteiger partial charge >= 0.3 is 0 Å². The number of benzene rings is 1. The second-order valence-electron chi connectivity index (χ2n) is 4.61. The van der Waals surface area contributed by atoms with Crippen LogP contribution < -0.4 is 0 Å². The van der Waals surface area contributed by atoms with Gasteiger partial charge in [-0.05, 0) is 12.5 Å². The van der Waals surface area contributed by atoms with Gasteiger partial charge in [-0.1, -0.05) is 36.7 Å². The zero-order chi connectivity index (χ0) is 14.6. The fraction of sp³-hybridized carbons (Fsp3) is 0.357. The number of rotatable bonds is 6. The minimum absolute atomic E-state index is 0.00440. The molecule has 106 valence electrons. The number of aliphatic hydroxyl groups is 1. The van der Waals surface area contributed by atoms with Crippen molar-refractivity contribution in [2.75, 3.05) is 0 Å². The Morgan fingerprint density at radius 3 is 2.80 bits per heavy atom.